The van der Waals surface area contributed by atoms with Crippen LogP contribution in [0.3, 0.4) is 0 Å². The molecule has 0 fully saturated rings. The Morgan fingerprint density at radius 1 is 1.03 bits per heavy atom. The average molecular weight is 553 g/mol. The molecule has 7 nitrogen and oxygen atoms in total. The molecule has 1 atom stereocenters. The zero-order chi connectivity index (χ0) is 25.8. The second-order valence-electron chi connectivity index (χ2n) is 7.93. The Kier molecular flexibility index (Phi) is 9.59. The van der Waals surface area contributed by atoms with Gasteiger partial charge in [0.1, 0.15) is 18.4 Å². The maximum atomic E-state index is 13.6. The molecule has 2 aromatic rings. The Morgan fingerprint density at radius 3 is 2.12 bits per heavy atom. The van der Waals surface area contributed by atoms with Crippen LogP contribution in [-0.4, -0.2) is 50.0 Å². The smallest absolute Gasteiger partial charge is 0.244 e. The molecule has 1 N–H and O–H groups in total. The first kappa shape index (κ1) is 28.2. The molecule has 0 spiro atoms. The van der Waals surface area contributed by atoms with Gasteiger partial charge in [0.2, 0.25) is 21.8 Å². The SMILES string of the molecule is CC(C)NC(=O)[C@@H](C)N(Cc1c(Cl)cccc1Cl)C(=O)CN(c1ccc(F)c(Cl)c1)S(C)(=O)=O. The van der Waals surface area contributed by atoms with E-state index in [0.29, 0.717) is 5.56 Å². The van der Waals surface area contributed by atoms with E-state index in [-0.39, 0.29) is 33.3 Å². The van der Waals surface area contributed by atoms with Gasteiger partial charge in [0.25, 0.3) is 0 Å². The van der Waals surface area contributed by atoms with Crippen LogP contribution in [0.5, 0.6) is 0 Å². The van der Waals surface area contributed by atoms with Crippen molar-refractivity contribution in [1.29, 1.82) is 0 Å². The molecule has 0 heterocycles. The van der Waals surface area contributed by atoms with Crippen LogP contribution < -0.4 is 9.62 Å². The number of nitrogens with one attached hydrogen (secondary N) is 1. The molecule has 0 aromatic heterocycles. The van der Waals surface area contributed by atoms with Crippen molar-refractivity contribution in [1.82, 2.24) is 10.2 Å². The molecule has 2 rings (SSSR count). The van der Waals surface area contributed by atoms with Crippen LogP contribution in [0.4, 0.5) is 10.1 Å². The van der Waals surface area contributed by atoms with Crippen molar-refractivity contribution >= 4 is 62.3 Å². The average Bonchev–Trinajstić information content (AvgIpc) is 2.72. The standard InChI is InChI=1S/C22H25Cl3FN3O4S/c1-13(2)27-22(31)14(3)28(11-16-17(23)6-5-7-18(16)24)21(30)12-29(34(4,32)33)15-8-9-20(26)19(25)10-15/h5-10,13-14H,11-12H2,1-4H3,(H,27,31)/t14-/m1/s1. The van der Waals surface area contributed by atoms with Gasteiger partial charge in [0.05, 0.1) is 17.0 Å². The zero-order valence-electron chi connectivity index (χ0n) is 19.0. The Hall–Kier alpha value is -2.07. The van der Waals surface area contributed by atoms with Crippen molar-refractivity contribution in [2.45, 2.75) is 39.4 Å². The second-order valence-corrected chi connectivity index (χ2v) is 11.1. The number of rotatable bonds is 9. The van der Waals surface area contributed by atoms with E-state index in [0.717, 1.165) is 22.7 Å². The molecule has 2 amide bonds. The third kappa shape index (κ3) is 7.21. The van der Waals surface area contributed by atoms with Crippen LogP contribution in [0.2, 0.25) is 15.1 Å². The summed E-state index contributed by atoms with van der Waals surface area (Å²) in [7, 11) is -3.98. The maximum absolute atomic E-state index is 13.6. The topological polar surface area (TPSA) is 86.8 Å². The Morgan fingerprint density at radius 2 is 1.62 bits per heavy atom. The summed E-state index contributed by atoms with van der Waals surface area (Å²) >= 11 is 18.4. The maximum Gasteiger partial charge on any atom is 0.244 e. The first-order chi connectivity index (χ1) is 15.7. The molecule has 34 heavy (non-hydrogen) atoms. The first-order valence-corrected chi connectivity index (χ1v) is 13.2. The minimum absolute atomic E-state index is 0.00254. The van der Waals surface area contributed by atoms with E-state index in [2.05, 4.69) is 5.32 Å². The highest BCUT2D eigenvalue weighted by atomic mass is 35.5. The van der Waals surface area contributed by atoms with Crippen LogP contribution >= 0.6 is 34.8 Å². The van der Waals surface area contributed by atoms with E-state index < -0.39 is 40.2 Å². The van der Waals surface area contributed by atoms with E-state index in [4.69, 9.17) is 34.8 Å². The number of benzene rings is 2. The number of hydrogen-bond donors (Lipinski definition) is 1. The van der Waals surface area contributed by atoms with Crippen LogP contribution in [0.1, 0.15) is 26.3 Å². The molecule has 2 aromatic carbocycles. The largest absolute Gasteiger partial charge is 0.352 e. The third-order valence-electron chi connectivity index (χ3n) is 4.86. The van der Waals surface area contributed by atoms with E-state index in [1.807, 2.05) is 0 Å². The van der Waals surface area contributed by atoms with Crippen molar-refractivity contribution in [3.05, 3.63) is 62.8 Å². The molecule has 0 saturated heterocycles. The van der Waals surface area contributed by atoms with Gasteiger partial charge in [0, 0.05) is 28.2 Å². The van der Waals surface area contributed by atoms with Gasteiger partial charge in [-0.2, -0.15) is 0 Å². The van der Waals surface area contributed by atoms with Gasteiger partial charge in [-0.15, -0.1) is 0 Å². The molecule has 0 bridgehead atoms. The Balaban J connectivity index is 2.47. The summed E-state index contributed by atoms with van der Waals surface area (Å²) in [6.07, 6.45) is 0.904. The fraction of sp³-hybridized carbons (Fsp3) is 0.364. The molecule has 0 radical (unpaired) electrons. The fourth-order valence-corrected chi connectivity index (χ4v) is 4.63. The number of anilines is 1. The second kappa shape index (κ2) is 11.6. The monoisotopic (exact) mass is 551 g/mol. The van der Waals surface area contributed by atoms with Crippen molar-refractivity contribution in [3.8, 4) is 0 Å². The molecule has 186 valence electrons. The lowest BCUT2D eigenvalue weighted by Gasteiger charge is -2.32. The number of halogens is 4. The van der Waals surface area contributed by atoms with Crippen LogP contribution in [-0.2, 0) is 26.2 Å². The number of amides is 2. The van der Waals surface area contributed by atoms with Crippen LogP contribution in [0.25, 0.3) is 0 Å². The molecular weight excluding hydrogens is 528 g/mol. The summed E-state index contributed by atoms with van der Waals surface area (Å²) in [5, 5.41) is 3.00. The summed E-state index contributed by atoms with van der Waals surface area (Å²) in [5.74, 6) is -1.88. The highest BCUT2D eigenvalue weighted by Gasteiger charge is 2.31. The Bertz CT molecular complexity index is 1160. The summed E-state index contributed by atoms with van der Waals surface area (Å²) in [6.45, 7) is 4.24. The molecule has 12 heteroatoms. The van der Waals surface area contributed by atoms with Gasteiger partial charge in [-0.25, -0.2) is 12.8 Å². The van der Waals surface area contributed by atoms with Gasteiger partial charge in [-0.3, -0.25) is 13.9 Å². The normalized spacial score (nSPS) is 12.4. The Labute approximate surface area is 213 Å². The van der Waals surface area contributed by atoms with E-state index in [1.165, 1.54) is 17.9 Å². The minimum Gasteiger partial charge on any atom is -0.352 e. The lowest BCUT2D eigenvalue weighted by molar-refractivity contribution is -0.139. The summed E-state index contributed by atoms with van der Waals surface area (Å²) in [6, 6.07) is 6.94. The highest BCUT2D eigenvalue weighted by Crippen LogP contribution is 2.28. The van der Waals surface area contributed by atoms with Gasteiger partial charge in [0.15, 0.2) is 0 Å². The molecular formula is C22H25Cl3FN3O4S. The van der Waals surface area contributed by atoms with E-state index >= 15 is 0 Å². The number of hydrogen-bond acceptors (Lipinski definition) is 4. The third-order valence-corrected chi connectivity index (χ3v) is 7.00. The number of nitrogens with zero attached hydrogens (tertiary/aromatic N) is 2. The van der Waals surface area contributed by atoms with Gasteiger partial charge >= 0.3 is 0 Å². The van der Waals surface area contributed by atoms with Crippen molar-refractivity contribution in [2.24, 2.45) is 0 Å². The number of carbonyl (C=O) groups is 2. The lowest BCUT2D eigenvalue weighted by Crippen LogP contribution is -2.52. The molecule has 0 unspecified atom stereocenters. The molecule has 0 aliphatic rings. The summed E-state index contributed by atoms with van der Waals surface area (Å²) in [5.41, 5.74) is 0.399. The lowest BCUT2D eigenvalue weighted by atomic mass is 10.1. The van der Waals surface area contributed by atoms with Gasteiger partial charge in [-0.05, 0) is 51.1 Å². The predicted molar refractivity (Wildman–Crippen MR) is 133 cm³/mol. The highest BCUT2D eigenvalue weighted by molar-refractivity contribution is 7.92. The van der Waals surface area contributed by atoms with Gasteiger partial charge < -0.3 is 10.2 Å². The van der Waals surface area contributed by atoms with Crippen molar-refractivity contribution < 1.29 is 22.4 Å². The molecule has 0 aliphatic heterocycles. The quantitative estimate of drug-likeness (QED) is 0.496. The first-order valence-electron chi connectivity index (χ1n) is 10.2. The zero-order valence-corrected chi connectivity index (χ0v) is 22.1. The van der Waals surface area contributed by atoms with Crippen molar-refractivity contribution in [2.75, 3.05) is 17.1 Å². The van der Waals surface area contributed by atoms with E-state index in [1.54, 1.807) is 32.0 Å². The summed E-state index contributed by atoms with van der Waals surface area (Å²) in [4.78, 5) is 27.4. The van der Waals surface area contributed by atoms with Crippen LogP contribution in [0, 0.1) is 5.82 Å². The molecule has 0 aliphatic carbocycles. The molecule has 0 saturated carbocycles. The van der Waals surface area contributed by atoms with Crippen LogP contribution in [0.15, 0.2) is 36.4 Å². The van der Waals surface area contributed by atoms with Gasteiger partial charge in [-0.1, -0.05) is 40.9 Å². The summed E-state index contributed by atoms with van der Waals surface area (Å²) < 4.78 is 39.4. The predicted octanol–water partition coefficient (Wildman–Crippen LogP) is 4.49. The fourth-order valence-electron chi connectivity index (χ4n) is 3.10. The number of sulfonamides is 1. The van der Waals surface area contributed by atoms with E-state index in [9.17, 15) is 22.4 Å². The minimum atomic E-state index is -3.98. The number of carbonyl (C=O) groups excluding carboxylic acids is 2. The van der Waals surface area contributed by atoms with Crippen molar-refractivity contribution in [3.63, 3.8) is 0 Å².